The van der Waals surface area contributed by atoms with Gasteiger partial charge in [0.15, 0.2) is 0 Å². The molecule has 1 N–H and O–H groups in total. The molecule has 82 valence electrons. The minimum atomic E-state index is -0.692. The van der Waals surface area contributed by atoms with Crippen LogP contribution in [0.4, 0.5) is 0 Å². The van der Waals surface area contributed by atoms with Gasteiger partial charge in [-0.3, -0.25) is 9.69 Å². The number of piperidine rings is 1. The first-order chi connectivity index (χ1) is 6.52. The van der Waals surface area contributed by atoms with Crippen molar-refractivity contribution in [3.63, 3.8) is 0 Å². The van der Waals surface area contributed by atoms with Gasteiger partial charge in [-0.15, -0.1) is 0 Å². The van der Waals surface area contributed by atoms with Gasteiger partial charge in [0.05, 0.1) is 6.42 Å². The lowest BCUT2D eigenvalue weighted by Crippen LogP contribution is -2.47. The molecule has 3 atom stereocenters. The molecule has 1 heterocycles. The molecule has 3 heteroatoms. The molecule has 3 nitrogen and oxygen atoms in total. The van der Waals surface area contributed by atoms with Crippen LogP contribution in [-0.2, 0) is 4.79 Å². The summed E-state index contributed by atoms with van der Waals surface area (Å²) in [7, 11) is 0. The van der Waals surface area contributed by atoms with Crippen LogP contribution in [0.2, 0.25) is 0 Å². The minimum absolute atomic E-state index is 0.172. The number of likely N-dealkylation sites (tertiary alicyclic amines) is 1. The molecule has 0 aliphatic carbocycles. The Morgan fingerprint density at radius 1 is 1.57 bits per heavy atom. The van der Waals surface area contributed by atoms with Crippen molar-refractivity contribution in [2.45, 2.75) is 52.1 Å². The number of carboxylic acids is 1. The van der Waals surface area contributed by atoms with E-state index in [4.69, 9.17) is 5.11 Å². The average Bonchev–Trinajstić information content (AvgIpc) is 2.08. The van der Waals surface area contributed by atoms with Crippen LogP contribution in [0.3, 0.4) is 0 Å². The quantitative estimate of drug-likeness (QED) is 0.755. The zero-order valence-corrected chi connectivity index (χ0v) is 9.36. The highest BCUT2D eigenvalue weighted by molar-refractivity contribution is 5.67. The van der Waals surface area contributed by atoms with Crippen LogP contribution in [0.15, 0.2) is 0 Å². The Balaban J connectivity index is 2.52. The fourth-order valence-corrected chi connectivity index (χ4v) is 2.36. The van der Waals surface area contributed by atoms with Crippen molar-refractivity contribution < 1.29 is 9.90 Å². The lowest BCUT2D eigenvalue weighted by Gasteiger charge is -2.41. The topological polar surface area (TPSA) is 40.5 Å². The van der Waals surface area contributed by atoms with Gasteiger partial charge in [-0.25, -0.2) is 0 Å². The van der Waals surface area contributed by atoms with Gasteiger partial charge in [0, 0.05) is 12.1 Å². The van der Waals surface area contributed by atoms with Crippen molar-refractivity contribution in [3.8, 4) is 0 Å². The van der Waals surface area contributed by atoms with E-state index < -0.39 is 5.97 Å². The van der Waals surface area contributed by atoms with Gasteiger partial charge in [0.1, 0.15) is 0 Å². The second kappa shape index (κ2) is 4.78. The number of nitrogens with zero attached hydrogens (tertiary/aromatic N) is 1. The summed E-state index contributed by atoms with van der Waals surface area (Å²) in [4.78, 5) is 12.9. The third-order valence-corrected chi connectivity index (χ3v) is 3.46. The normalized spacial score (nSPS) is 31.4. The van der Waals surface area contributed by atoms with Crippen LogP contribution in [0.1, 0.15) is 40.0 Å². The molecule has 1 aliphatic rings. The molecular formula is C11H21NO2. The van der Waals surface area contributed by atoms with E-state index in [0.29, 0.717) is 12.0 Å². The first-order valence-electron chi connectivity index (χ1n) is 5.50. The summed E-state index contributed by atoms with van der Waals surface area (Å²) in [5, 5.41) is 8.74. The molecule has 14 heavy (non-hydrogen) atoms. The Labute approximate surface area is 86.1 Å². The first kappa shape index (κ1) is 11.5. The monoisotopic (exact) mass is 199 g/mol. The molecule has 0 spiro atoms. The summed E-state index contributed by atoms with van der Waals surface area (Å²) >= 11 is 0. The molecule has 1 rings (SSSR count). The SMILES string of the molecule is CC1CCCN(C(C)CC(=O)O)C1C. The van der Waals surface area contributed by atoms with Crippen molar-refractivity contribution in [2.75, 3.05) is 6.54 Å². The molecule has 0 aromatic carbocycles. The Hall–Kier alpha value is -0.570. The molecule has 0 amide bonds. The summed E-state index contributed by atoms with van der Waals surface area (Å²) in [6.45, 7) is 7.54. The minimum Gasteiger partial charge on any atom is -0.481 e. The average molecular weight is 199 g/mol. The van der Waals surface area contributed by atoms with E-state index in [1.807, 2.05) is 6.92 Å². The maximum Gasteiger partial charge on any atom is 0.304 e. The zero-order valence-electron chi connectivity index (χ0n) is 9.36. The van der Waals surface area contributed by atoms with E-state index in [9.17, 15) is 4.79 Å². The molecule has 0 radical (unpaired) electrons. The van der Waals surface area contributed by atoms with Crippen LogP contribution in [-0.4, -0.2) is 34.6 Å². The van der Waals surface area contributed by atoms with Crippen LogP contribution < -0.4 is 0 Å². The third-order valence-electron chi connectivity index (χ3n) is 3.46. The van der Waals surface area contributed by atoms with E-state index in [1.165, 1.54) is 12.8 Å². The Morgan fingerprint density at radius 3 is 2.79 bits per heavy atom. The van der Waals surface area contributed by atoms with Crippen molar-refractivity contribution >= 4 is 5.97 Å². The summed E-state index contributed by atoms with van der Waals surface area (Å²) in [5.74, 6) is 0.00271. The maximum atomic E-state index is 10.6. The molecular weight excluding hydrogens is 178 g/mol. The summed E-state index contributed by atoms with van der Waals surface area (Å²) < 4.78 is 0. The zero-order chi connectivity index (χ0) is 10.7. The van der Waals surface area contributed by atoms with Crippen LogP contribution >= 0.6 is 0 Å². The Morgan fingerprint density at radius 2 is 2.21 bits per heavy atom. The van der Waals surface area contributed by atoms with E-state index in [1.54, 1.807) is 0 Å². The first-order valence-corrected chi connectivity index (χ1v) is 5.50. The molecule has 0 bridgehead atoms. The molecule has 0 saturated carbocycles. The Bertz CT molecular complexity index is 205. The van der Waals surface area contributed by atoms with Gasteiger partial charge in [-0.05, 0) is 39.2 Å². The third kappa shape index (κ3) is 2.71. The Kier molecular flexibility index (Phi) is 3.93. The van der Waals surface area contributed by atoms with Crippen molar-refractivity contribution in [3.05, 3.63) is 0 Å². The largest absolute Gasteiger partial charge is 0.481 e. The van der Waals surface area contributed by atoms with Gasteiger partial charge in [0.2, 0.25) is 0 Å². The van der Waals surface area contributed by atoms with Gasteiger partial charge in [0.25, 0.3) is 0 Å². The number of hydrogen-bond donors (Lipinski definition) is 1. The van der Waals surface area contributed by atoms with Crippen molar-refractivity contribution in [2.24, 2.45) is 5.92 Å². The smallest absolute Gasteiger partial charge is 0.304 e. The highest BCUT2D eigenvalue weighted by Gasteiger charge is 2.28. The number of carbonyl (C=O) groups is 1. The van der Waals surface area contributed by atoms with Crippen LogP contribution in [0.25, 0.3) is 0 Å². The van der Waals surface area contributed by atoms with E-state index in [0.717, 1.165) is 6.54 Å². The maximum absolute atomic E-state index is 10.6. The van der Waals surface area contributed by atoms with Gasteiger partial charge in [-0.2, -0.15) is 0 Å². The van der Waals surface area contributed by atoms with Gasteiger partial charge >= 0.3 is 5.97 Å². The second-order valence-corrected chi connectivity index (χ2v) is 4.54. The number of aliphatic carboxylic acids is 1. The molecule has 1 saturated heterocycles. The summed E-state index contributed by atoms with van der Waals surface area (Å²) in [6, 6.07) is 0.698. The van der Waals surface area contributed by atoms with Gasteiger partial charge < -0.3 is 5.11 Å². The van der Waals surface area contributed by atoms with Crippen LogP contribution in [0, 0.1) is 5.92 Å². The summed E-state index contributed by atoms with van der Waals surface area (Å²) in [5.41, 5.74) is 0. The fourth-order valence-electron chi connectivity index (χ4n) is 2.36. The van der Waals surface area contributed by atoms with E-state index in [2.05, 4.69) is 18.7 Å². The van der Waals surface area contributed by atoms with Gasteiger partial charge in [-0.1, -0.05) is 6.92 Å². The standard InChI is InChI=1S/C11H21NO2/c1-8-5-4-6-12(10(8)3)9(2)7-11(13)14/h8-10H,4-7H2,1-3H3,(H,13,14). The lowest BCUT2D eigenvalue weighted by atomic mass is 9.90. The predicted molar refractivity (Wildman–Crippen MR) is 56.3 cm³/mol. The highest BCUT2D eigenvalue weighted by Crippen LogP contribution is 2.25. The molecule has 0 aromatic rings. The number of carboxylic acid groups (broad SMARTS) is 1. The second-order valence-electron chi connectivity index (χ2n) is 4.54. The van der Waals surface area contributed by atoms with Crippen molar-refractivity contribution in [1.82, 2.24) is 4.90 Å². The molecule has 1 aliphatic heterocycles. The molecule has 1 fully saturated rings. The number of hydrogen-bond acceptors (Lipinski definition) is 2. The molecule has 3 unspecified atom stereocenters. The predicted octanol–water partition coefficient (Wildman–Crippen LogP) is 1.97. The fraction of sp³-hybridized carbons (Fsp3) is 0.909. The van der Waals surface area contributed by atoms with Crippen LogP contribution in [0.5, 0.6) is 0 Å². The lowest BCUT2D eigenvalue weighted by molar-refractivity contribution is -0.138. The van der Waals surface area contributed by atoms with E-state index in [-0.39, 0.29) is 12.5 Å². The van der Waals surface area contributed by atoms with Crippen molar-refractivity contribution in [1.29, 1.82) is 0 Å². The summed E-state index contributed by atoms with van der Waals surface area (Å²) in [6.07, 6.45) is 2.74. The van der Waals surface area contributed by atoms with E-state index >= 15 is 0 Å². The number of rotatable bonds is 3. The molecule has 0 aromatic heterocycles. The highest BCUT2D eigenvalue weighted by atomic mass is 16.4.